The molecule has 3 aromatic rings. The number of hydrogen-bond donors (Lipinski definition) is 2. The molecule has 0 radical (unpaired) electrons. The van der Waals surface area contributed by atoms with Crippen molar-refractivity contribution >= 4 is 16.6 Å². The number of ether oxygens (including phenoxy) is 1. The minimum Gasteiger partial charge on any atom is -0.491 e. The number of halogens is 1. The first-order chi connectivity index (χ1) is 14.1. The molecule has 29 heavy (non-hydrogen) atoms. The van der Waals surface area contributed by atoms with E-state index in [9.17, 15) is 14.3 Å². The number of pyridine rings is 1. The van der Waals surface area contributed by atoms with Crippen LogP contribution in [0.15, 0.2) is 59.4 Å². The summed E-state index contributed by atoms with van der Waals surface area (Å²) in [6, 6.07) is 15.4. The van der Waals surface area contributed by atoms with Crippen molar-refractivity contribution in [3.63, 3.8) is 0 Å². The van der Waals surface area contributed by atoms with Crippen molar-refractivity contribution in [1.82, 2.24) is 9.88 Å². The SMILES string of the molecule is O=c1ccc2cc(OC[C@@H](O)CN3CCN(c4ccccc4F)CC3)ccc2[nH]1. The van der Waals surface area contributed by atoms with Crippen molar-refractivity contribution in [2.75, 3.05) is 44.2 Å². The average Bonchev–Trinajstić information content (AvgIpc) is 2.73. The van der Waals surface area contributed by atoms with Gasteiger partial charge in [0.05, 0.1) is 5.69 Å². The minimum atomic E-state index is -0.624. The summed E-state index contributed by atoms with van der Waals surface area (Å²) < 4.78 is 19.7. The largest absolute Gasteiger partial charge is 0.491 e. The lowest BCUT2D eigenvalue weighted by Gasteiger charge is -2.36. The number of rotatable bonds is 6. The molecule has 0 saturated carbocycles. The molecule has 6 nitrogen and oxygen atoms in total. The molecule has 1 aliphatic heterocycles. The van der Waals surface area contributed by atoms with Crippen LogP contribution in [0, 0.1) is 5.82 Å². The summed E-state index contributed by atoms with van der Waals surface area (Å²) in [6.45, 7) is 3.65. The minimum absolute atomic E-state index is 0.142. The second-order valence-electron chi connectivity index (χ2n) is 7.28. The Morgan fingerprint density at radius 2 is 1.86 bits per heavy atom. The number of aliphatic hydroxyl groups excluding tert-OH is 1. The van der Waals surface area contributed by atoms with Gasteiger partial charge in [-0.2, -0.15) is 0 Å². The number of piperazine rings is 1. The van der Waals surface area contributed by atoms with E-state index in [1.54, 1.807) is 30.3 Å². The Hall–Kier alpha value is -2.90. The van der Waals surface area contributed by atoms with Crippen molar-refractivity contribution < 1.29 is 14.2 Å². The quantitative estimate of drug-likeness (QED) is 0.668. The van der Waals surface area contributed by atoms with Crippen LogP contribution < -0.4 is 15.2 Å². The third-order valence-corrected chi connectivity index (χ3v) is 5.17. The lowest BCUT2D eigenvalue weighted by Crippen LogP contribution is -2.49. The van der Waals surface area contributed by atoms with Gasteiger partial charge in [-0.25, -0.2) is 4.39 Å². The molecule has 1 atom stereocenters. The van der Waals surface area contributed by atoms with Gasteiger partial charge >= 0.3 is 0 Å². The van der Waals surface area contributed by atoms with Crippen molar-refractivity contribution in [2.45, 2.75) is 6.10 Å². The average molecular weight is 397 g/mol. The molecule has 152 valence electrons. The van der Waals surface area contributed by atoms with Gasteiger partial charge in [0.25, 0.3) is 0 Å². The summed E-state index contributed by atoms with van der Waals surface area (Å²) >= 11 is 0. The highest BCUT2D eigenvalue weighted by Gasteiger charge is 2.21. The molecule has 4 rings (SSSR count). The van der Waals surface area contributed by atoms with Gasteiger partial charge < -0.3 is 19.7 Å². The second kappa shape index (κ2) is 8.63. The van der Waals surface area contributed by atoms with Crippen molar-refractivity contribution in [3.05, 3.63) is 70.8 Å². The second-order valence-corrected chi connectivity index (χ2v) is 7.28. The lowest BCUT2D eigenvalue weighted by atomic mass is 10.2. The van der Waals surface area contributed by atoms with Crippen LogP contribution in [0.4, 0.5) is 10.1 Å². The first-order valence-electron chi connectivity index (χ1n) is 9.74. The maximum atomic E-state index is 13.9. The van der Waals surface area contributed by atoms with Gasteiger partial charge in [-0.05, 0) is 36.4 Å². The van der Waals surface area contributed by atoms with Crippen LogP contribution >= 0.6 is 0 Å². The van der Waals surface area contributed by atoms with Crippen LogP contribution in [0.1, 0.15) is 0 Å². The molecule has 1 fully saturated rings. The molecule has 1 aliphatic rings. The molecular formula is C22H24FN3O3. The number of hydrogen-bond acceptors (Lipinski definition) is 5. The summed E-state index contributed by atoms with van der Waals surface area (Å²) in [6.07, 6.45) is -0.624. The fraction of sp³-hybridized carbons (Fsp3) is 0.318. The number of para-hydroxylation sites is 1. The predicted molar refractivity (Wildman–Crippen MR) is 111 cm³/mol. The molecule has 1 saturated heterocycles. The molecule has 0 spiro atoms. The summed E-state index contributed by atoms with van der Waals surface area (Å²) in [5, 5.41) is 11.2. The predicted octanol–water partition coefficient (Wildman–Crippen LogP) is 2.23. The molecule has 1 aromatic heterocycles. The van der Waals surface area contributed by atoms with Crippen molar-refractivity contribution in [3.8, 4) is 5.75 Å². The van der Waals surface area contributed by atoms with Crippen molar-refractivity contribution in [2.24, 2.45) is 0 Å². The monoisotopic (exact) mass is 397 g/mol. The molecule has 0 unspecified atom stereocenters. The molecule has 0 bridgehead atoms. The standard InChI is InChI=1S/C22H24FN3O3/c23-19-3-1-2-4-21(19)26-11-9-25(10-12-26)14-17(27)15-29-18-6-7-20-16(13-18)5-8-22(28)24-20/h1-8,13,17,27H,9-12,14-15H2,(H,24,28)/t17-/m0/s1. The van der Waals surface area contributed by atoms with E-state index < -0.39 is 6.10 Å². The van der Waals surface area contributed by atoms with Gasteiger partial charge in [-0.1, -0.05) is 12.1 Å². The van der Waals surface area contributed by atoms with E-state index in [0.717, 1.165) is 37.1 Å². The first-order valence-corrected chi connectivity index (χ1v) is 9.74. The Kier molecular flexibility index (Phi) is 5.78. The highest BCUT2D eigenvalue weighted by atomic mass is 19.1. The highest BCUT2D eigenvalue weighted by Crippen LogP contribution is 2.21. The van der Waals surface area contributed by atoms with Gasteiger partial charge in [-0.15, -0.1) is 0 Å². The van der Waals surface area contributed by atoms with Gasteiger partial charge in [0.15, 0.2) is 0 Å². The Bertz CT molecular complexity index is 1030. The van der Waals surface area contributed by atoms with E-state index in [0.29, 0.717) is 18.0 Å². The van der Waals surface area contributed by atoms with E-state index >= 15 is 0 Å². The summed E-state index contributed by atoms with van der Waals surface area (Å²) in [5.41, 5.74) is 1.24. The smallest absolute Gasteiger partial charge is 0.248 e. The topological polar surface area (TPSA) is 68.8 Å². The Labute approximate surface area is 168 Å². The lowest BCUT2D eigenvalue weighted by molar-refractivity contribution is 0.0663. The van der Waals surface area contributed by atoms with E-state index in [1.165, 1.54) is 12.1 Å². The van der Waals surface area contributed by atoms with Crippen LogP contribution in [-0.2, 0) is 0 Å². The fourth-order valence-corrected chi connectivity index (χ4v) is 3.64. The number of benzene rings is 2. The fourth-order valence-electron chi connectivity index (χ4n) is 3.64. The van der Waals surface area contributed by atoms with Crippen LogP contribution in [0.5, 0.6) is 5.75 Å². The molecule has 2 N–H and O–H groups in total. The number of H-pyrrole nitrogens is 1. The number of β-amino-alcohol motifs (C(OH)–C–C–N with tert-alkyl or cyclic N) is 1. The number of fused-ring (bicyclic) bond motifs is 1. The van der Waals surface area contributed by atoms with Gasteiger partial charge in [-0.3, -0.25) is 9.69 Å². The third-order valence-electron chi connectivity index (χ3n) is 5.17. The van der Waals surface area contributed by atoms with E-state index in [1.807, 2.05) is 17.0 Å². The van der Waals surface area contributed by atoms with Crippen LogP contribution in [0.3, 0.4) is 0 Å². The zero-order chi connectivity index (χ0) is 20.2. The number of aromatic nitrogens is 1. The van der Waals surface area contributed by atoms with Gasteiger partial charge in [0, 0.05) is 49.7 Å². The molecule has 7 heteroatoms. The normalized spacial score (nSPS) is 16.1. The number of nitrogens with one attached hydrogen (secondary N) is 1. The highest BCUT2D eigenvalue weighted by molar-refractivity contribution is 5.79. The number of aliphatic hydroxyl groups is 1. The zero-order valence-electron chi connectivity index (χ0n) is 16.1. The maximum absolute atomic E-state index is 13.9. The summed E-state index contributed by atoms with van der Waals surface area (Å²) in [4.78, 5) is 18.3. The van der Waals surface area contributed by atoms with E-state index in [2.05, 4.69) is 9.88 Å². The summed E-state index contributed by atoms with van der Waals surface area (Å²) in [5.74, 6) is 0.446. The first kappa shape index (κ1) is 19.4. The molecule has 0 aliphatic carbocycles. The molecule has 2 heterocycles. The molecule has 0 amide bonds. The zero-order valence-corrected chi connectivity index (χ0v) is 16.1. The van der Waals surface area contributed by atoms with Crippen LogP contribution in [0.2, 0.25) is 0 Å². The van der Waals surface area contributed by atoms with E-state index in [-0.39, 0.29) is 18.0 Å². The Morgan fingerprint density at radius 3 is 2.66 bits per heavy atom. The maximum Gasteiger partial charge on any atom is 0.248 e. The van der Waals surface area contributed by atoms with Gasteiger partial charge in [0.2, 0.25) is 5.56 Å². The Morgan fingerprint density at radius 1 is 1.07 bits per heavy atom. The third kappa shape index (κ3) is 4.75. The van der Waals surface area contributed by atoms with E-state index in [4.69, 9.17) is 4.74 Å². The van der Waals surface area contributed by atoms with Crippen molar-refractivity contribution in [1.29, 1.82) is 0 Å². The van der Waals surface area contributed by atoms with Gasteiger partial charge in [0.1, 0.15) is 24.3 Å². The molecule has 2 aromatic carbocycles. The summed E-state index contributed by atoms with van der Waals surface area (Å²) in [7, 11) is 0. The number of anilines is 1. The van der Waals surface area contributed by atoms with Crippen LogP contribution in [0.25, 0.3) is 10.9 Å². The number of aromatic amines is 1. The molecular weight excluding hydrogens is 373 g/mol. The Balaban J connectivity index is 1.26. The number of nitrogens with zero attached hydrogens (tertiary/aromatic N) is 2. The van der Waals surface area contributed by atoms with Crippen LogP contribution in [-0.4, -0.2) is 60.4 Å².